The van der Waals surface area contributed by atoms with E-state index in [4.69, 9.17) is 0 Å². The number of fused-ring (bicyclic) bond motifs is 2. The number of thioether (sulfide) groups is 1. The molecule has 8 heteroatoms. The van der Waals surface area contributed by atoms with Crippen molar-refractivity contribution in [2.45, 2.75) is 61.7 Å². The Hall–Kier alpha value is -2.58. The van der Waals surface area contributed by atoms with E-state index in [2.05, 4.69) is 26.0 Å². The van der Waals surface area contributed by atoms with Crippen LogP contribution in [0.25, 0.3) is 0 Å². The molecule has 4 aliphatic rings. The van der Waals surface area contributed by atoms with Gasteiger partial charge in [-0.1, -0.05) is 68.0 Å². The molecule has 198 valence electrons. The lowest BCUT2D eigenvalue weighted by Gasteiger charge is -2.37. The molecule has 2 fully saturated rings. The van der Waals surface area contributed by atoms with Crippen LogP contribution in [-0.2, 0) is 20.9 Å². The molecule has 4 heterocycles. The molecule has 6 atom stereocenters. The largest absolute Gasteiger partial charge is 0.396 e. The summed E-state index contributed by atoms with van der Waals surface area (Å²) in [4.78, 5) is 47.8. The molecule has 0 aromatic heterocycles. The first-order valence-corrected chi connectivity index (χ1v) is 14.4. The number of hydrogen-bond donors (Lipinski definition) is 1. The Morgan fingerprint density at radius 2 is 1.86 bits per heavy atom. The number of nitrogens with zero attached hydrogens (tertiary/aromatic N) is 3. The lowest BCUT2D eigenvalue weighted by molar-refractivity contribution is -0.145. The zero-order valence-electron chi connectivity index (χ0n) is 21.7. The van der Waals surface area contributed by atoms with Crippen molar-refractivity contribution < 1.29 is 19.5 Å². The number of amides is 3. The van der Waals surface area contributed by atoms with Crippen molar-refractivity contribution in [3.05, 3.63) is 60.2 Å². The van der Waals surface area contributed by atoms with Gasteiger partial charge < -0.3 is 19.8 Å². The Bertz CT molecular complexity index is 1090. The maximum atomic E-state index is 14.2. The SMILES string of the molecule is CCCC(C)N1CC=C[C@]23S[C@H]4C=CCN(Cc5ccccc5)C(=O)[C@H]4[C@H]2C(=O)N(CCCO)C3C1=O. The molecule has 3 amide bonds. The van der Waals surface area contributed by atoms with Crippen LogP contribution in [0.5, 0.6) is 0 Å². The van der Waals surface area contributed by atoms with Crippen LogP contribution in [0, 0.1) is 11.8 Å². The second-order valence-electron chi connectivity index (χ2n) is 10.6. The Labute approximate surface area is 223 Å². The Morgan fingerprint density at radius 1 is 1.08 bits per heavy atom. The van der Waals surface area contributed by atoms with E-state index in [1.165, 1.54) is 0 Å². The number of carbonyl (C=O) groups excluding carboxylic acids is 3. The molecule has 0 radical (unpaired) electrons. The summed E-state index contributed by atoms with van der Waals surface area (Å²) in [6.07, 6.45) is 10.5. The summed E-state index contributed by atoms with van der Waals surface area (Å²) < 4.78 is -0.796. The van der Waals surface area contributed by atoms with Gasteiger partial charge in [-0.15, -0.1) is 11.8 Å². The molecule has 5 rings (SSSR count). The molecule has 1 aromatic rings. The fourth-order valence-corrected chi connectivity index (χ4v) is 8.61. The van der Waals surface area contributed by atoms with Crippen LogP contribution in [0.15, 0.2) is 54.6 Å². The van der Waals surface area contributed by atoms with Gasteiger partial charge in [-0.3, -0.25) is 14.4 Å². The summed E-state index contributed by atoms with van der Waals surface area (Å²) in [6.45, 7) is 5.93. The van der Waals surface area contributed by atoms with Gasteiger partial charge in [0.25, 0.3) is 0 Å². The average Bonchev–Trinajstić information content (AvgIpc) is 3.20. The maximum Gasteiger partial charge on any atom is 0.247 e. The number of benzene rings is 1. The molecule has 0 aliphatic carbocycles. The van der Waals surface area contributed by atoms with Crippen molar-refractivity contribution >= 4 is 29.5 Å². The van der Waals surface area contributed by atoms with Crippen LogP contribution < -0.4 is 0 Å². The molecule has 1 N–H and O–H groups in total. The van der Waals surface area contributed by atoms with E-state index in [9.17, 15) is 19.5 Å². The number of likely N-dealkylation sites (tertiary alicyclic amines) is 1. The molecular weight excluding hydrogens is 486 g/mol. The summed E-state index contributed by atoms with van der Waals surface area (Å²) in [6, 6.07) is 9.30. The Morgan fingerprint density at radius 3 is 2.59 bits per heavy atom. The van der Waals surface area contributed by atoms with E-state index in [-0.39, 0.29) is 35.6 Å². The standard InChI is InChI=1S/C29H37N3O4S/c1-3-10-20(2)31-16-8-14-29-24(27(35)32(17-9-18-33)25(29)28(31)36)23-22(37-29)13-7-15-30(26(23)34)19-21-11-5-4-6-12-21/h4-8,11-14,20,22-25,33H,3,9-10,15-19H2,1-2H3/t20?,22-,23+,24-,25?,29-/m0/s1. The lowest BCUT2D eigenvalue weighted by atomic mass is 9.78. The summed E-state index contributed by atoms with van der Waals surface area (Å²) >= 11 is 1.61. The summed E-state index contributed by atoms with van der Waals surface area (Å²) in [5.41, 5.74) is 1.05. The minimum atomic E-state index is -0.796. The van der Waals surface area contributed by atoms with Crippen molar-refractivity contribution in [1.82, 2.24) is 14.7 Å². The number of rotatable bonds is 8. The third kappa shape index (κ3) is 4.42. The summed E-state index contributed by atoms with van der Waals surface area (Å²) in [5, 5.41) is 9.40. The maximum absolute atomic E-state index is 14.2. The first-order chi connectivity index (χ1) is 17.9. The Kier molecular flexibility index (Phi) is 7.50. The molecule has 7 nitrogen and oxygen atoms in total. The van der Waals surface area contributed by atoms with Gasteiger partial charge in [-0.25, -0.2) is 0 Å². The van der Waals surface area contributed by atoms with Crippen LogP contribution in [0.4, 0.5) is 0 Å². The molecule has 0 bridgehead atoms. The molecule has 4 aliphatic heterocycles. The normalized spacial score (nSPS) is 31.8. The van der Waals surface area contributed by atoms with Crippen molar-refractivity contribution in [2.24, 2.45) is 11.8 Å². The predicted octanol–water partition coefficient (Wildman–Crippen LogP) is 2.85. The molecule has 1 aromatic carbocycles. The van der Waals surface area contributed by atoms with Crippen molar-refractivity contribution in [3.8, 4) is 0 Å². The van der Waals surface area contributed by atoms with E-state index in [1.807, 2.05) is 52.3 Å². The summed E-state index contributed by atoms with van der Waals surface area (Å²) in [7, 11) is 0. The molecule has 2 unspecified atom stereocenters. The van der Waals surface area contributed by atoms with Crippen LogP contribution in [-0.4, -0.2) is 85.8 Å². The highest BCUT2D eigenvalue weighted by Gasteiger charge is 2.71. The third-order valence-electron chi connectivity index (χ3n) is 8.29. The van der Waals surface area contributed by atoms with Gasteiger partial charge in [0.15, 0.2) is 0 Å². The Balaban J connectivity index is 1.53. The molecule has 37 heavy (non-hydrogen) atoms. The zero-order valence-corrected chi connectivity index (χ0v) is 22.5. The molecule has 0 saturated carbocycles. The van der Waals surface area contributed by atoms with Crippen LogP contribution >= 0.6 is 11.8 Å². The van der Waals surface area contributed by atoms with Gasteiger partial charge in [-0.05, 0) is 25.3 Å². The van der Waals surface area contributed by atoms with Crippen LogP contribution in [0.2, 0.25) is 0 Å². The predicted molar refractivity (Wildman–Crippen MR) is 145 cm³/mol. The molecule has 1 spiro atoms. The second kappa shape index (κ2) is 10.7. The smallest absolute Gasteiger partial charge is 0.247 e. The van der Waals surface area contributed by atoms with E-state index >= 15 is 0 Å². The molecule has 2 saturated heterocycles. The van der Waals surface area contributed by atoms with Crippen LogP contribution in [0.1, 0.15) is 38.7 Å². The minimum Gasteiger partial charge on any atom is -0.396 e. The fraction of sp³-hybridized carbons (Fsp3) is 0.552. The van der Waals surface area contributed by atoms with Gasteiger partial charge >= 0.3 is 0 Å². The van der Waals surface area contributed by atoms with E-state index in [0.717, 1.165) is 18.4 Å². The molecular formula is C29H37N3O4S. The fourth-order valence-electron chi connectivity index (χ4n) is 6.60. The van der Waals surface area contributed by atoms with E-state index < -0.39 is 22.6 Å². The number of aliphatic hydroxyl groups is 1. The first kappa shape index (κ1) is 26.0. The monoisotopic (exact) mass is 523 g/mol. The zero-order chi connectivity index (χ0) is 26.2. The minimum absolute atomic E-state index is 0.0226. The van der Waals surface area contributed by atoms with Gasteiger partial charge in [0, 0.05) is 44.1 Å². The average molecular weight is 524 g/mol. The first-order valence-electron chi connectivity index (χ1n) is 13.5. The topological polar surface area (TPSA) is 81.2 Å². The van der Waals surface area contributed by atoms with Gasteiger partial charge in [0.05, 0.1) is 16.6 Å². The van der Waals surface area contributed by atoms with Gasteiger partial charge in [0.1, 0.15) is 6.04 Å². The van der Waals surface area contributed by atoms with Crippen LogP contribution in [0.3, 0.4) is 0 Å². The van der Waals surface area contributed by atoms with Gasteiger partial charge in [-0.2, -0.15) is 0 Å². The summed E-state index contributed by atoms with van der Waals surface area (Å²) in [5.74, 6) is -1.34. The quantitative estimate of drug-likeness (QED) is 0.530. The van der Waals surface area contributed by atoms with E-state index in [0.29, 0.717) is 32.6 Å². The van der Waals surface area contributed by atoms with Crippen molar-refractivity contribution in [1.29, 1.82) is 0 Å². The highest BCUT2D eigenvalue weighted by atomic mass is 32.2. The highest BCUT2D eigenvalue weighted by Crippen LogP contribution is 2.61. The number of hydrogen-bond acceptors (Lipinski definition) is 5. The van der Waals surface area contributed by atoms with Gasteiger partial charge in [0.2, 0.25) is 17.7 Å². The lowest BCUT2D eigenvalue weighted by Crippen LogP contribution is -2.55. The highest BCUT2D eigenvalue weighted by molar-refractivity contribution is 8.02. The van der Waals surface area contributed by atoms with Crippen molar-refractivity contribution in [2.75, 3.05) is 26.2 Å². The van der Waals surface area contributed by atoms with E-state index in [1.54, 1.807) is 16.7 Å². The number of aliphatic hydroxyl groups excluding tert-OH is 1. The van der Waals surface area contributed by atoms with Crippen molar-refractivity contribution in [3.63, 3.8) is 0 Å². The third-order valence-corrected chi connectivity index (χ3v) is 10.0. The number of carbonyl (C=O) groups is 3. The second-order valence-corrected chi connectivity index (χ2v) is 12.1.